The van der Waals surface area contributed by atoms with E-state index in [1.54, 1.807) is 46.2 Å². The van der Waals surface area contributed by atoms with Crippen LogP contribution in [0.1, 0.15) is 51.1 Å². The summed E-state index contributed by atoms with van der Waals surface area (Å²) in [7, 11) is 0. The summed E-state index contributed by atoms with van der Waals surface area (Å²) in [6.07, 6.45) is 2.07. The minimum atomic E-state index is -0.549. The summed E-state index contributed by atoms with van der Waals surface area (Å²) in [5.74, 6) is -1.82. The number of amides is 5. The molecular weight excluding hydrogens is 608 g/mol. The first kappa shape index (κ1) is 30.9. The van der Waals surface area contributed by atoms with Crippen LogP contribution in [0.3, 0.4) is 0 Å². The van der Waals surface area contributed by atoms with Crippen molar-refractivity contribution in [3.8, 4) is 0 Å². The minimum Gasteiger partial charge on any atom is -0.444 e. The molecule has 3 aliphatic rings. The number of nitrogens with zero attached hydrogens (tertiary/aromatic N) is 3. The molecule has 7 rings (SSSR count). The Morgan fingerprint density at radius 2 is 1.35 bits per heavy atom. The molecule has 2 atom stereocenters. The molecule has 242 valence electrons. The van der Waals surface area contributed by atoms with Gasteiger partial charge in [-0.15, -0.1) is 0 Å². The summed E-state index contributed by atoms with van der Waals surface area (Å²) in [5.41, 5.74) is 4.24. The largest absolute Gasteiger partial charge is 0.444 e. The number of nitrogens with one attached hydrogen (secondary N) is 1. The van der Waals surface area contributed by atoms with Crippen LogP contribution in [0, 0.1) is 5.92 Å². The number of para-hydroxylation sites is 2. The van der Waals surface area contributed by atoms with Crippen LogP contribution in [0.5, 0.6) is 0 Å². The van der Waals surface area contributed by atoms with E-state index in [4.69, 9.17) is 4.74 Å². The maximum atomic E-state index is 14.1. The van der Waals surface area contributed by atoms with Gasteiger partial charge in [-0.05, 0) is 66.8 Å². The van der Waals surface area contributed by atoms with Crippen molar-refractivity contribution in [1.82, 2.24) is 4.90 Å². The van der Waals surface area contributed by atoms with Crippen LogP contribution < -0.4 is 15.1 Å². The Morgan fingerprint density at radius 1 is 0.708 bits per heavy atom. The summed E-state index contributed by atoms with van der Waals surface area (Å²) >= 11 is 0. The van der Waals surface area contributed by atoms with Gasteiger partial charge in [-0.3, -0.25) is 29.4 Å². The third-order valence-electron chi connectivity index (χ3n) is 9.30. The summed E-state index contributed by atoms with van der Waals surface area (Å²) < 4.78 is 5.31. The predicted molar refractivity (Wildman–Crippen MR) is 180 cm³/mol. The third-order valence-corrected chi connectivity index (χ3v) is 9.30. The highest BCUT2D eigenvalue weighted by Crippen LogP contribution is 2.43. The second-order valence-corrected chi connectivity index (χ2v) is 12.2. The van der Waals surface area contributed by atoms with E-state index in [1.807, 2.05) is 66.7 Å². The minimum absolute atomic E-state index is 0.0413. The smallest absolute Gasteiger partial charge is 0.411 e. The lowest BCUT2D eigenvalue weighted by molar-refractivity contribution is -0.123. The van der Waals surface area contributed by atoms with Gasteiger partial charge in [0.25, 0.3) is 11.8 Å². The van der Waals surface area contributed by atoms with Gasteiger partial charge in [0.2, 0.25) is 11.8 Å². The summed E-state index contributed by atoms with van der Waals surface area (Å²) in [6.45, 7) is 0.146. The SMILES string of the molecule is O=C(Nc1ccc(CCN2C(=O)[C@H]3CCC[C@H]3N(C(=O)CN3C(=O)c4ccccc4C3=O)c3ccccc32)cc1)OCc1ccccc1. The van der Waals surface area contributed by atoms with Crippen molar-refractivity contribution in [2.45, 2.75) is 38.3 Å². The van der Waals surface area contributed by atoms with Crippen LogP contribution in [0.4, 0.5) is 21.9 Å². The van der Waals surface area contributed by atoms with Crippen molar-refractivity contribution in [2.24, 2.45) is 5.92 Å². The molecule has 2 aliphatic heterocycles. The predicted octanol–water partition coefficient (Wildman–Crippen LogP) is 5.82. The number of ether oxygens (including phenoxy) is 1. The number of hydrogen-bond donors (Lipinski definition) is 1. The standard InChI is InChI=1S/C38H34N4O6/c43-34(23-41-35(44)28-11-4-5-12-29(28)36(41)45)42-31-16-8-13-30(31)37(46)40(32-14-6-7-15-33(32)42)22-21-25-17-19-27(20-18-25)39-38(47)48-24-26-9-2-1-3-10-26/h1-7,9-12,14-15,17-20,30-31H,8,13,16,21-24H2,(H,39,47)/t30-,31+/m0/s1. The van der Waals surface area contributed by atoms with Gasteiger partial charge in [-0.25, -0.2) is 4.79 Å². The van der Waals surface area contributed by atoms with Crippen molar-refractivity contribution in [1.29, 1.82) is 0 Å². The maximum absolute atomic E-state index is 14.1. The summed E-state index contributed by atoms with van der Waals surface area (Å²) in [5, 5.41) is 2.74. The van der Waals surface area contributed by atoms with E-state index in [1.165, 1.54) is 0 Å². The molecule has 4 aromatic rings. The second kappa shape index (κ2) is 13.2. The van der Waals surface area contributed by atoms with E-state index in [9.17, 15) is 24.0 Å². The van der Waals surface area contributed by atoms with Crippen molar-refractivity contribution in [2.75, 3.05) is 28.2 Å². The molecule has 0 saturated heterocycles. The van der Waals surface area contributed by atoms with Gasteiger partial charge in [0.1, 0.15) is 13.2 Å². The number of carbonyl (C=O) groups is 5. The zero-order chi connectivity index (χ0) is 33.2. The topological polar surface area (TPSA) is 116 Å². The first-order valence-corrected chi connectivity index (χ1v) is 16.1. The summed E-state index contributed by atoms with van der Waals surface area (Å²) in [4.78, 5) is 71.1. The highest BCUT2D eigenvalue weighted by molar-refractivity contribution is 6.23. The number of rotatable bonds is 8. The monoisotopic (exact) mass is 642 g/mol. The van der Waals surface area contributed by atoms with Crippen LogP contribution in [-0.2, 0) is 27.4 Å². The lowest BCUT2D eigenvalue weighted by atomic mass is 10.0. The van der Waals surface area contributed by atoms with E-state index in [0.29, 0.717) is 54.0 Å². The van der Waals surface area contributed by atoms with E-state index in [-0.39, 0.29) is 18.6 Å². The van der Waals surface area contributed by atoms with E-state index in [0.717, 1.165) is 22.4 Å². The molecule has 48 heavy (non-hydrogen) atoms. The number of carbonyl (C=O) groups excluding carboxylic acids is 5. The van der Waals surface area contributed by atoms with Gasteiger partial charge >= 0.3 is 6.09 Å². The third kappa shape index (κ3) is 5.92. The molecule has 5 amide bonds. The van der Waals surface area contributed by atoms with Crippen LogP contribution >= 0.6 is 0 Å². The Bertz CT molecular complexity index is 1860. The number of benzene rings is 4. The molecule has 0 radical (unpaired) electrons. The first-order chi connectivity index (χ1) is 23.4. The Kier molecular flexibility index (Phi) is 8.46. The van der Waals surface area contributed by atoms with E-state index >= 15 is 0 Å². The highest BCUT2D eigenvalue weighted by atomic mass is 16.5. The Labute approximate surface area is 277 Å². The fraction of sp³-hybridized carbons (Fsp3) is 0.237. The number of hydrogen-bond acceptors (Lipinski definition) is 6. The molecule has 0 unspecified atom stereocenters. The quantitative estimate of drug-likeness (QED) is 0.242. The molecule has 0 aromatic heterocycles. The van der Waals surface area contributed by atoms with Crippen LogP contribution in [0.2, 0.25) is 0 Å². The molecule has 0 spiro atoms. The van der Waals surface area contributed by atoms with Crippen molar-refractivity contribution in [3.05, 3.63) is 125 Å². The van der Waals surface area contributed by atoms with Crippen molar-refractivity contribution in [3.63, 3.8) is 0 Å². The van der Waals surface area contributed by atoms with Gasteiger partial charge < -0.3 is 14.5 Å². The second-order valence-electron chi connectivity index (χ2n) is 12.2. The molecular formula is C38H34N4O6. The van der Waals surface area contributed by atoms with Gasteiger partial charge in [0, 0.05) is 18.3 Å². The molecule has 1 N–H and O–H groups in total. The van der Waals surface area contributed by atoms with E-state index in [2.05, 4.69) is 5.32 Å². The number of imide groups is 1. The van der Waals surface area contributed by atoms with Gasteiger partial charge in [-0.2, -0.15) is 0 Å². The Morgan fingerprint density at radius 3 is 2.06 bits per heavy atom. The Hall–Kier alpha value is -5.77. The number of anilines is 3. The van der Waals surface area contributed by atoms with Crippen molar-refractivity contribution < 1.29 is 28.7 Å². The lowest BCUT2D eigenvalue weighted by Gasteiger charge is -2.31. The van der Waals surface area contributed by atoms with Gasteiger partial charge in [0.05, 0.1) is 28.4 Å². The zero-order valence-electron chi connectivity index (χ0n) is 26.2. The Balaban J connectivity index is 1.06. The van der Waals surface area contributed by atoms with Gasteiger partial charge in [-0.1, -0.05) is 73.2 Å². The number of fused-ring (bicyclic) bond motifs is 3. The van der Waals surface area contributed by atoms with Crippen LogP contribution in [0.15, 0.2) is 103 Å². The van der Waals surface area contributed by atoms with Crippen LogP contribution in [0.25, 0.3) is 0 Å². The molecule has 4 aromatic carbocycles. The normalized spacial score (nSPS) is 18.2. The molecule has 0 bridgehead atoms. The average Bonchev–Trinajstić information content (AvgIpc) is 3.66. The molecule has 1 fully saturated rings. The first-order valence-electron chi connectivity index (χ1n) is 16.1. The zero-order valence-corrected chi connectivity index (χ0v) is 26.2. The molecule has 1 saturated carbocycles. The lowest BCUT2D eigenvalue weighted by Crippen LogP contribution is -2.49. The maximum Gasteiger partial charge on any atom is 0.411 e. The van der Waals surface area contributed by atoms with Gasteiger partial charge in [0.15, 0.2) is 0 Å². The fourth-order valence-corrected chi connectivity index (χ4v) is 6.95. The van der Waals surface area contributed by atoms with Crippen molar-refractivity contribution >= 4 is 46.8 Å². The molecule has 2 heterocycles. The van der Waals surface area contributed by atoms with Crippen LogP contribution in [-0.4, -0.2) is 53.8 Å². The van der Waals surface area contributed by atoms with E-state index < -0.39 is 36.3 Å². The molecule has 10 heteroatoms. The molecule has 10 nitrogen and oxygen atoms in total. The molecule has 1 aliphatic carbocycles. The fourth-order valence-electron chi connectivity index (χ4n) is 6.95. The highest BCUT2D eigenvalue weighted by Gasteiger charge is 2.46. The summed E-state index contributed by atoms with van der Waals surface area (Å²) in [6, 6.07) is 30.4. The average molecular weight is 643 g/mol.